The monoisotopic (exact) mass is 241 g/mol. The third-order valence-electron chi connectivity index (χ3n) is 2.68. The minimum absolute atomic E-state index is 0.261. The molecule has 0 spiro atoms. The van der Waals surface area contributed by atoms with Crippen molar-refractivity contribution in [3.05, 3.63) is 34.9 Å². The highest BCUT2D eigenvalue weighted by Gasteiger charge is 2.09. The van der Waals surface area contributed by atoms with Crippen LogP contribution in [0.4, 0.5) is 0 Å². The van der Waals surface area contributed by atoms with Gasteiger partial charge in [-0.2, -0.15) is 0 Å². The van der Waals surface area contributed by atoms with Crippen molar-refractivity contribution in [3.63, 3.8) is 0 Å². The van der Waals surface area contributed by atoms with Gasteiger partial charge in [-0.3, -0.25) is 0 Å². The molecule has 0 bridgehead atoms. The zero-order valence-corrected chi connectivity index (χ0v) is 10.7. The van der Waals surface area contributed by atoms with Crippen molar-refractivity contribution in [1.29, 1.82) is 0 Å². The van der Waals surface area contributed by atoms with Crippen LogP contribution in [0.1, 0.15) is 38.3 Å². The Morgan fingerprint density at radius 3 is 2.75 bits per heavy atom. The minimum Gasteiger partial charge on any atom is -0.396 e. The Balaban J connectivity index is 2.48. The smallest absolute Gasteiger partial charge is 0.0431 e. The topological polar surface area (TPSA) is 32.3 Å². The normalized spacial score (nSPS) is 14.8. The van der Waals surface area contributed by atoms with E-state index in [1.165, 1.54) is 5.56 Å². The molecule has 0 saturated carbocycles. The van der Waals surface area contributed by atoms with Gasteiger partial charge in [0.2, 0.25) is 0 Å². The van der Waals surface area contributed by atoms with Gasteiger partial charge in [-0.15, -0.1) is 0 Å². The lowest BCUT2D eigenvalue weighted by molar-refractivity contribution is 0.274. The summed E-state index contributed by atoms with van der Waals surface area (Å²) < 4.78 is 0. The first-order valence-corrected chi connectivity index (χ1v) is 6.13. The van der Waals surface area contributed by atoms with E-state index in [4.69, 9.17) is 16.7 Å². The number of aliphatic hydroxyl groups excluding tert-OH is 1. The molecule has 2 nitrogen and oxygen atoms in total. The van der Waals surface area contributed by atoms with Gasteiger partial charge in [-0.25, -0.2) is 0 Å². The Morgan fingerprint density at radius 2 is 2.12 bits per heavy atom. The maximum absolute atomic E-state index is 8.76. The molecular weight excluding hydrogens is 222 g/mol. The maximum Gasteiger partial charge on any atom is 0.0431 e. The van der Waals surface area contributed by atoms with Gasteiger partial charge in [-0.05, 0) is 44.4 Å². The van der Waals surface area contributed by atoms with Crippen molar-refractivity contribution in [2.24, 2.45) is 0 Å². The summed E-state index contributed by atoms with van der Waals surface area (Å²) in [6.45, 7) is 4.52. The maximum atomic E-state index is 8.76. The van der Waals surface area contributed by atoms with Gasteiger partial charge in [0.25, 0.3) is 0 Å². The summed E-state index contributed by atoms with van der Waals surface area (Å²) in [5.74, 6) is 0. The number of rotatable bonds is 6. The van der Waals surface area contributed by atoms with E-state index in [2.05, 4.69) is 25.2 Å². The fourth-order valence-corrected chi connectivity index (χ4v) is 1.98. The van der Waals surface area contributed by atoms with Crippen molar-refractivity contribution in [3.8, 4) is 0 Å². The van der Waals surface area contributed by atoms with E-state index in [1.807, 2.05) is 18.2 Å². The lowest BCUT2D eigenvalue weighted by Gasteiger charge is -2.20. The van der Waals surface area contributed by atoms with E-state index in [0.29, 0.717) is 6.04 Å². The van der Waals surface area contributed by atoms with Crippen LogP contribution in [0.5, 0.6) is 0 Å². The standard InChI is InChI=1S/C13H20ClNO/c1-10(5-4-8-16)15-11(2)12-6-3-7-13(14)9-12/h3,6-7,9-11,15-16H,4-5,8H2,1-2H3. The predicted molar refractivity (Wildman–Crippen MR) is 68.8 cm³/mol. The molecule has 0 amide bonds. The molecule has 16 heavy (non-hydrogen) atoms. The van der Waals surface area contributed by atoms with Crippen LogP contribution in [-0.2, 0) is 0 Å². The van der Waals surface area contributed by atoms with Crippen molar-refractivity contribution >= 4 is 11.6 Å². The van der Waals surface area contributed by atoms with Crippen molar-refractivity contribution in [2.45, 2.75) is 38.8 Å². The number of hydrogen-bond acceptors (Lipinski definition) is 2. The van der Waals surface area contributed by atoms with E-state index in [9.17, 15) is 0 Å². The third-order valence-corrected chi connectivity index (χ3v) is 2.91. The number of aliphatic hydroxyl groups is 1. The molecule has 2 unspecified atom stereocenters. The largest absolute Gasteiger partial charge is 0.396 e. The van der Waals surface area contributed by atoms with Gasteiger partial charge in [-0.1, -0.05) is 23.7 Å². The zero-order valence-electron chi connectivity index (χ0n) is 9.91. The lowest BCUT2D eigenvalue weighted by atomic mass is 10.1. The Kier molecular flexibility index (Phi) is 5.81. The van der Waals surface area contributed by atoms with Crippen LogP contribution in [0.25, 0.3) is 0 Å². The first-order valence-electron chi connectivity index (χ1n) is 5.76. The fourth-order valence-electron chi connectivity index (χ4n) is 1.78. The highest BCUT2D eigenvalue weighted by molar-refractivity contribution is 6.30. The minimum atomic E-state index is 0.261. The first kappa shape index (κ1) is 13.5. The van der Waals surface area contributed by atoms with Crippen molar-refractivity contribution in [2.75, 3.05) is 6.61 Å². The molecule has 0 aliphatic carbocycles. The van der Waals surface area contributed by atoms with Gasteiger partial charge in [0, 0.05) is 23.7 Å². The molecule has 1 aromatic rings. The Morgan fingerprint density at radius 1 is 1.38 bits per heavy atom. The van der Waals surface area contributed by atoms with E-state index in [0.717, 1.165) is 17.9 Å². The molecule has 0 radical (unpaired) electrons. The molecule has 1 aromatic carbocycles. The van der Waals surface area contributed by atoms with Crippen LogP contribution in [0.3, 0.4) is 0 Å². The second-order valence-corrected chi connectivity index (χ2v) is 4.65. The lowest BCUT2D eigenvalue weighted by Crippen LogP contribution is -2.29. The van der Waals surface area contributed by atoms with E-state index >= 15 is 0 Å². The second kappa shape index (κ2) is 6.89. The third kappa shape index (κ3) is 4.52. The fraction of sp³-hybridized carbons (Fsp3) is 0.538. The molecule has 0 aliphatic rings. The van der Waals surface area contributed by atoms with Crippen LogP contribution < -0.4 is 5.32 Å². The Bertz CT molecular complexity index is 317. The van der Waals surface area contributed by atoms with Gasteiger partial charge in [0.05, 0.1) is 0 Å². The number of halogens is 1. The van der Waals surface area contributed by atoms with Crippen molar-refractivity contribution < 1.29 is 5.11 Å². The average molecular weight is 242 g/mol. The van der Waals surface area contributed by atoms with Crippen LogP contribution in [0.2, 0.25) is 5.02 Å². The number of hydrogen-bond donors (Lipinski definition) is 2. The summed E-state index contributed by atoms with van der Waals surface area (Å²) in [6.07, 6.45) is 1.83. The highest BCUT2D eigenvalue weighted by atomic mass is 35.5. The SMILES string of the molecule is CC(CCCO)NC(C)c1cccc(Cl)c1. The second-order valence-electron chi connectivity index (χ2n) is 4.21. The van der Waals surface area contributed by atoms with E-state index in [1.54, 1.807) is 0 Å². The van der Waals surface area contributed by atoms with Gasteiger partial charge >= 0.3 is 0 Å². The highest BCUT2D eigenvalue weighted by Crippen LogP contribution is 2.18. The molecule has 3 heteroatoms. The summed E-state index contributed by atoms with van der Waals surface area (Å²) in [7, 11) is 0. The van der Waals surface area contributed by atoms with E-state index < -0.39 is 0 Å². The van der Waals surface area contributed by atoms with Gasteiger partial charge < -0.3 is 10.4 Å². The summed E-state index contributed by atoms with van der Waals surface area (Å²) in [5.41, 5.74) is 1.20. The molecule has 0 aromatic heterocycles. The summed E-state index contributed by atoms with van der Waals surface area (Å²) in [6, 6.07) is 8.59. The summed E-state index contributed by atoms with van der Waals surface area (Å²) >= 11 is 5.95. The molecule has 90 valence electrons. The number of nitrogens with one attached hydrogen (secondary N) is 1. The predicted octanol–water partition coefficient (Wildman–Crippen LogP) is 3.15. The first-order chi connectivity index (χ1) is 7.63. The average Bonchev–Trinajstić information content (AvgIpc) is 2.26. The summed E-state index contributed by atoms with van der Waals surface area (Å²) in [5, 5.41) is 13.0. The zero-order chi connectivity index (χ0) is 12.0. The molecule has 0 heterocycles. The summed E-state index contributed by atoms with van der Waals surface area (Å²) in [4.78, 5) is 0. The van der Waals surface area contributed by atoms with Gasteiger partial charge in [0.1, 0.15) is 0 Å². The number of benzene rings is 1. The van der Waals surface area contributed by atoms with Gasteiger partial charge in [0.15, 0.2) is 0 Å². The van der Waals surface area contributed by atoms with E-state index in [-0.39, 0.29) is 12.6 Å². The van der Waals surface area contributed by atoms with Crippen LogP contribution in [0.15, 0.2) is 24.3 Å². The molecular formula is C13H20ClNO. The molecule has 1 rings (SSSR count). The molecule has 0 saturated heterocycles. The van der Waals surface area contributed by atoms with Crippen LogP contribution in [-0.4, -0.2) is 17.8 Å². The molecule has 2 atom stereocenters. The molecule has 0 aliphatic heterocycles. The Labute approximate surface area is 103 Å². The quantitative estimate of drug-likeness (QED) is 0.802. The molecule has 0 fully saturated rings. The molecule has 2 N–H and O–H groups in total. The van der Waals surface area contributed by atoms with Crippen molar-refractivity contribution in [1.82, 2.24) is 5.32 Å². The Hall–Kier alpha value is -0.570. The van der Waals surface area contributed by atoms with Crippen LogP contribution in [0, 0.1) is 0 Å². The van der Waals surface area contributed by atoms with Crippen LogP contribution >= 0.6 is 11.6 Å².